The first-order valence-electron chi connectivity index (χ1n) is 6.71. The summed E-state index contributed by atoms with van der Waals surface area (Å²) in [5.41, 5.74) is 1.81. The number of rotatable bonds is 3. The molecule has 3 nitrogen and oxygen atoms in total. The highest BCUT2D eigenvalue weighted by Gasteiger charge is 2.25. The van der Waals surface area contributed by atoms with Gasteiger partial charge in [-0.3, -0.25) is 10.0 Å². The molecule has 1 atom stereocenters. The van der Waals surface area contributed by atoms with Crippen LogP contribution in [0.3, 0.4) is 0 Å². The number of halogens is 2. The second kappa shape index (κ2) is 5.84. The van der Waals surface area contributed by atoms with Crippen molar-refractivity contribution in [1.29, 1.82) is 0 Å². The van der Waals surface area contributed by atoms with E-state index in [-0.39, 0.29) is 11.9 Å². The molecule has 0 bridgehead atoms. The predicted octanol–water partition coefficient (Wildman–Crippen LogP) is 3.35. The summed E-state index contributed by atoms with van der Waals surface area (Å²) in [6.45, 7) is 0.578. The van der Waals surface area contributed by atoms with Crippen molar-refractivity contribution in [3.63, 3.8) is 0 Å². The summed E-state index contributed by atoms with van der Waals surface area (Å²) in [7, 11) is 0. The second-order valence-corrected chi connectivity index (χ2v) is 5.45. The Balaban J connectivity index is 1.83. The Hall–Kier alpha value is -1.91. The fraction of sp³-hybridized carbons (Fsp3) is 0.188. The lowest BCUT2D eigenvalue weighted by Gasteiger charge is -2.14. The van der Waals surface area contributed by atoms with Crippen LogP contribution in [0.1, 0.15) is 17.2 Å². The Morgan fingerprint density at radius 3 is 2.81 bits per heavy atom. The van der Waals surface area contributed by atoms with E-state index in [0.29, 0.717) is 18.0 Å². The summed E-state index contributed by atoms with van der Waals surface area (Å²) < 4.78 is 13.2. The molecule has 0 amide bonds. The minimum atomic E-state index is -0.252. The molecule has 1 unspecified atom stereocenters. The van der Waals surface area contributed by atoms with Crippen LogP contribution in [0.25, 0.3) is 0 Å². The van der Waals surface area contributed by atoms with Crippen molar-refractivity contribution in [3.8, 4) is 0 Å². The maximum atomic E-state index is 13.2. The summed E-state index contributed by atoms with van der Waals surface area (Å²) in [4.78, 5) is 4.64. The second-order valence-electron chi connectivity index (χ2n) is 5.04. The Morgan fingerprint density at radius 1 is 1.24 bits per heavy atom. The molecule has 0 fully saturated rings. The van der Waals surface area contributed by atoms with Gasteiger partial charge in [0.1, 0.15) is 11.7 Å². The molecule has 0 aliphatic carbocycles. The summed E-state index contributed by atoms with van der Waals surface area (Å²) in [5.74, 6) is 6.50. The molecular weight excluding hydrogens is 289 g/mol. The average Bonchev–Trinajstić information content (AvgIpc) is 2.80. The topological polar surface area (TPSA) is 41.6 Å². The molecule has 2 aromatic rings. The van der Waals surface area contributed by atoms with Crippen LogP contribution in [-0.2, 0) is 6.42 Å². The Kier molecular flexibility index (Phi) is 3.90. The first-order chi connectivity index (χ1) is 10.1. The maximum absolute atomic E-state index is 13.2. The van der Waals surface area contributed by atoms with Crippen LogP contribution in [0.5, 0.6) is 0 Å². The standard InChI is InChI=1S/C16H15ClFN3/c17-14-7-2-1-6-13(14)15-10-21(19)16(20-15)9-11-4-3-5-12(18)8-11/h1-8,15H,9-10,19H2. The van der Waals surface area contributed by atoms with E-state index in [1.54, 1.807) is 11.1 Å². The van der Waals surface area contributed by atoms with Gasteiger partial charge in [-0.15, -0.1) is 0 Å². The van der Waals surface area contributed by atoms with Gasteiger partial charge in [0.05, 0.1) is 12.6 Å². The molecule has 1 heterocycles. The number of benzene rings is 2. The van der Waals surface area contributed by atoms with Crippen LogP contribution in [0, 0.1) is 5.82 Å². The van der Waals surface area contributed by atoms with E-state index in [0.717, 1.165) is 17.0 Å². The molecule has 108 valence electrons. The van der Waals surface area contributed by atoms with E-state index in [1.165, 1.54) is 12.1 Å². The fourth-order valence-electron chi connectivity index (χ4n) is 2.48. The molecule has 2 N–H and O–H groups in total. The SMILES string of the molecule is NN1CC(c2ccccc2Cl)N=C1Cc1cccc(F)c1. The van der Waals surface area contributed by atoms with E-state index in [2.05, 4.69) is 4.99 Å². The number of nitrogens with two attached hydrogens (primary N) is 1. The van der Waals surface area contributed by atoms with Gasteiger partial charge in [0.25, 0.3) is 0 Å². The molecule has 1 aliphatic rings. The van der Waals surface area contributed by atoms with E-state index in [9.17, 15) is 4.39 Å². The molecule has 0 saturated carbocycles. The molecule has 2 aromatic carbocycles. The normalized spacial score (nSPS) is 18.0. The van der Waals surface area contributed by atoms with Crippen LogP contribution in [-0.4, -0.2) is 17.4 Å². The van der Waals surface area contributed by atoms with Crippen molar-refractivity contribution >= 4 is 17.4 Å². The van der Waals surface area contributed by atoms with Gasteiger partial charge in [-0.2, -0.15) is 0 Å². The van der Waals surface area contributed by atoms with Gasteiger partial charge in [0.15, 0.2) is 0 Å². The minimum Gasteiger partial charge on any atom is -0.296 e. The quantitative estimate of drug-likeness (QED) is 0.884. The number of hydrazine groups is 1. The van der Waals surface area contributed by atoms with Crippen LogP contribution in [0.2, 0.25) is 5.02 Å². The van der Waals surface area contributed by atoms with Crippen molar-refractivity contribution in [2.45, 2.75) is 12.5 Å². The molecule has 0 aromatic heterocycles. The molecule has 0 spiro atoms. The maximum Gasteiger partial charge on any atom is 0.123 e. The first kappa shape index (κ1) is 14.0. The van der Waals surface area contributed by atoms with Crippen LogP contribution < -0.4 is 5.84 Å². The van der Waals surface area contributed by atoms with Crippen LogP contribution in [0.15, 0.2) is 53.5 Å². The zero-order valence-electron chi connectivity index (χ0n) is 11.3. The highest BCUT2D eigenvalue weighted by atomic mass is 35.5. The highest BCUT2D eigenvalue weighted by molar-refractivity contribution is 6.31. The zero-order valence-corrected chi connectivity index (χ0v) is 12.1. The molecule has 3 rings (SSSR count). The Bertz CT molecular complexity index is 687. The minimum absolute atomic E-state index is 0.0766. The molecule has 1 aliphatic heterocycles. The highest BCUT2D eigenvalue weighted by Crippen LogP contribution is 2.29. The van der Waals surface area contributed by atoms with E-state index >= 15 is 0 Å². The smallest absolute Gasteiger partial charge is 0.123 e. The van der Waals surface area contributed by atoms with Crippen molar-refractivity contribution in [2.24, 2.45) is 10.8 Å². The van der Waals surface area contributed by atoms with E-state index in [1.807, 2.05) is 30.3 Å². The number of aliphatic imine (C=N–C) groups is 1. The molecule has 0 saturated heterocycles. The Morgan fingerprint density at radius 2 is 2.05 bits per heavy atom. The number of hydrogen-bond acceptors (Lipinski definition) is 3. The van der Waals surface area contributed by atoms with Gasteiger partial charge in [-0.1, -0.05) is 41.9 Å². The molecule has 0 radical (unpaired) electrons. The summed E-state index contributed by atoms with van der Waals surface area (Å²) >= 11 is 6.20. The van der Waals surface area contributed by atoms with E-state index in [4.69, 9.17) is 17.4 Å². The lowest BCUT2D eigenvalue weighted by Crippen LogP contribution is -2.35. The van der Waals surface area contributed by atoms with Crippen molar-refractivity contribution in [1.82, 2.24) is 5.01 Å². The van der Waals surface area contributed by atoms with Gasteiger partial charge in [-0.05, 0) is 29.3 Å². The number of nitrogens with zero attached hydrogens (tertiary/aromatic N) is 2. The van der Waals surface area contributed by atoms with Gasteiger partial charge >= 0.3 is 0 Å². The monoisotopic (exact) mass is 303 g/mol. The number of hydrogen-bond donors (Lipinski definition) is 1. The van der Waals surface area contributed by atoms with E-state index < -0.39 is 0 Å². The van der Waals surface area contributed by atoms with Gasteiger partial charge < -0.3 is 0 Å². The van der Waals surface area contributed by atoms with Gasteiger partial charge in [0, 0.05) is 11.4 Å². The van der Waals surface area contributed by atoms with Crippen LogP contribution >= 0.6 is 11.6 Å². The summed E-state index contributed by atoms with van der Waals surface area (Å²) in [5, 5.41) is 2.30. The summed E-state index contributed by atoms with van der Waals surface area (Å²) in [6.07, 6.45) is 0.509. The lowest BCUT2D eigenvalue weighted by molar-refractivity contribution is 0.443. The van der Waals surface area contributed by atoms with Crippen LogP contribution in [0.4, 0.5) is 4.39 Å². The number of amidine groups is 1. The first-order valence-corrected chi connectivity index (χ1v) is 7.09. The third-order valence-corrected chi connectivity index (χ3v) is 3.87. The third-order valence-electron chi connectivity index (χ3n) is 3.52. The largest absolute Gasteiger partial charge is 0.296 e. The fourth-order valence-corrected chi connectivity index (χ4v) is 2.74. The zero-order chi connectivity index (χ0) is 14.8. The van der Waals surface area contributed by atoms with Crippen molar-refractivity contribution < 1.29 is 4.39 Å². The third kappa shape index (κ3) is 3.06. The molecular formula is C16H15ClFN3. The Labute approximate surface area is 127 Å². The lowest BCUT2D eigenvalue weighted by atomic mass is 10.1. The predicted molar refractivity (Wildman–Crippen MR) is 82.6 cm³/mol. The van der Waals surface area contributed by atoms with Gasteiger partial charge in [0.2, 0.25) is 0 Å². The van der Waals surface area contributed by atoms with Crippen molar-refractivity contribution in [3.05, 3.63) is 70.5 Å². The summed E-state index contributed by atoms with van der Waals surface area (Å²) in [6, 6.07) is 14.0. The average molecular weight is 304 g/mol. The van der Waals surface area contributed by atoms with Crippen molar-refractivity contribution in [2.75, 3.05) is 6.54 Å². The molecule has 5 heteroatoms. The molecule has 21 heavy (non-hydrogen) atoms. The van der Waals surface area contributed by atoms with Gasteiger partial charge in [-0.25, -0.2) is 10.2 Å².